The third-order valence-corrected chi connectivity index (χ3v) is 5.53. The Kier molecular flexibility index (Phi) is 7.81. The Morgan fingerprint density at radius 3 is 2.58 bits per heavy atom. The molecule has 0 saturated carbocycles. The Balaban J connectivity index is 1.77. The molecule has 1 atom stereocenters. The van der Waals surface area contributed by atoms with E-state index in [0.29, 0.717) is 23.6 Å². The van der Waals surface area contributed by atoms with Crippen molar-refractivity contribution in [3.63, 3.8) is 0 Å². The molecule has 0 aliphatic rings. The van der Waals surface area contributed by atoms with Crippen LogP contribution in [0.4, 0.5) is 4.39 Å². The van der Waals surface area contributed by atoms with Crippen molar-refractivity contribution < 1.29 is 13.9 Å². The lowest BCUT2D eigenvalue weighted by Crippen LogP contribution is -2.18. The molecular weight excluding hydrogens is 465 g/mol. The lowest BCUT2D eigenvalue weighted by Gasteiger charge is -2.18. The molecule has 2 aromatic heterocycles. The summed E-state index contributed by atoms with van der Waals surface area (Å²) in [6, 6.07) is 14.6. The third-order valence-electron chi connectivity index (χ3n) is 5.53. The Labute approximate surface area is 206 Å². The molecule has 4 rings (SSSR count). The highest BCUT2D eigenvalue weighted by Crippen LogP contribution is 2.30. The molecular formula is C25H26FN7O3. The summed E-state index contributed by atoms with van der Waals surface area (Å²) >= 11 is 0. The predicted molar refractivity (Wildman–Crippen MR) is 131 cm³/mol. The number of methoxy groups -OCH3 is 1. The topological polar surface area (TPSA) is 145 Å². The molecule has 0 saturated heterocycles. The van der Waals surface area contributed by atoms with Crippen LogP contribution in [-0.2, 0) is 17.8 Å². The molecule has 0 bridgehead atoms. The van der Waals surface area contributed by atoms with E-state index in [-0.39, 0.29) is 30.9 Å². The fourth-order valence-electron chi connectivity index (χ4n) is 3.80. The summed E-state index contributed by atoms with van der Waals surface area (Å²) in [5.74, 6) is 0.750. The van der Waals surface area contributed by atoms with E-state index in [0.717, 1.165) is 21.4 Å². The lowest BCUT2D eigenvalue weighted by atomic mass is 9.89. The first-order chi connectivity index (χ1) is 17.5. The van der Waals surface area contributed by atoms with E-state index in [1.165, 1.54) is 12.4 Å². The number of nitrogens with two attached hydrogens (primary N) is 1. The first-order valence-corrected chi connectivity index (χ1v) is 11.2. The molecule has 186 valence electrons. The number of amidine groups is 1. The summed E-state index contributed by atoms with van der Waals surface area (Å²) in [6.45, 7) is -0.375. The maximum Gasteiger partial charge on any atom is 0.350 e. The molecule has 0 aliphatic heterocycles. The van der Waals surface area contributed by atoms with Gasteiger partial charge in [-0.25, -0.2) is 19.2 Å². The van der Waals surface area contributed by atoms with Crippen molar-refractivity contribution in [3.8, 4) is 11.7 Å². The molecule has 2 aromatic carbocycles. The van der Waals surface area contributed by atoms with E-state index < -0.39 is 12.4 Å². The van der Waals surface area contributed by atoms with E-state index in [9.17, 15) is 9.18 Å². The van der Waals surface area contributed by atoms with Crippen LogP contribution < -0.4 is 16.2 Å². The molecule has 11 heteroatoms. The Hall–Kier alpha value is -4.38. The molecule has 0 spiro atoms. The van der Waals surface area contributed by atoms with Gasteiger partial charge in [0.15, 0.2) is 0 Å². The Bertz CT molecular complexity index is 1370. The normalized spacial score (nSPS) is 11.8. The maximum absolute atomic E-state index is 12.8. The molecule has 10 nitrogen and oxygen atoms in total. The second kappa shape index (κ2) is 11.4. The summed E-state index contributed by atoms with van der Waals surface area (Å²) in [5.41, 5.74) is 8.29. The number of aromatic nitrogens is 5. The fraction of sp³-hybridized carbons (Fsp3) is 0.240. The molecule has 1 unspecified atom stereocenters. The van der Waals surface area contributed by atoms with Gasteiger partial charge < -0.3 is 15.2 Å². The Morgan fingerprint density at radius 1 is 1.17 bits per heavy atom. The predicted octanol–water partition coefficient (Wildman–Crippen LogP) is 2.50. The van der Waals surface area contributed by atoms with Crippen LogP contribution in [-0.4, -0.2) is 51.0 Å². The average molecular weight is 492 g/mol. The number of ether oxygens (including phenoxy) is 2. The minimum atomic E-state index is -0.573. The van der Waals surface area contributed by atoms with Crippen LogP contribution in [0.2, 0.25) is 0 Å². The van der Waals surface area contributed by atoms with Crippen LogP contribution in [0.1, 0.15) is 34.0 Å². The van der Waals surface area contributed by atoms with Crippen LogP contribution in [0.3, 0.4) is 0 Å². The number of nitrogen functional groups attached to an aromatic ring is 1. The van der Waals surface area contributed by atoms with E-state index in [1.807, 2.05) is 30.3 Å². The smallest absolute Gasteiger partial charge is 0.350 e. The summed E-state index contributed by atoms with van der Waals surface area (Å²) < 4.78 is 24.5. The highest BCUT2D eigenvalue weighted by Gasteiger charge is 2.23. The monoisotopic (exact) mass is 491 g/mol. The van der Waals surface area contributed by atoms with Crippen LogP contribution in [0.5, 0.6) is 5.75 Å². The summed E-state index contributed by atoms with van der Waals surface area (Å²) in [4.78, 5) is 23.8. The summed E-state index contributed by atoms with van der Waals surface area (Å²) in [5, 5.41) is 12.1. The summed E-state index contributed by atoms with van der Waals surface area (Å²) in [7, 11) is 1.56. The molecule has 4 N–H and O–H groups in total. The standard InChI is InChI=1S/C25H26FN7O3/c1-35-20-12-17(15-36-10-7-26)11-19(14-20)21(13-16-3-5-18(6-4-16)22(27)28)23-31-25(34)33(32-23)24-29-8-2-9-30-24/h2-6,8-9,11-12,14,21H,7,10,13,15H2,1H3,(H3,27,28)(H,31,32,34). The molecule has 36 heavy (non-hydrogen) atoms. The number of halogens is 1. The second-order valence-electron chi connectivity index (χ2n) is 8.00. The van der Waals surface area contributed by atoms with Crippen LogP contribution in [0.25, 0.3) is 5.95 Å². The highest BCUT2D eigenvalue weighted by molar-refractivity contribution is 5.94. The minimum absolute atomic E-state index is 0.00668. The first-order valence-electron chi connectivity index (χ1n) is 11.2. The van der Waals surface area contributed by atoms with Gasteiger partial charge in [0.1, 0.15) is 24.1 Å². The number of nitrogens with one attached hydrogen (secondary N) is 2. The van der Waals surface area contributed by atoms with E-state index in [1.54, 1.807) is 25.3 Å². The average Bonchev–Trinajstić information content (AvgIpc) is 3.29. The SMILES string of the molecule is COc1cc(COCCF)cc(C(Cc2ccc(C(=N)N)cc2)c2nn(-c3ncccn3)c(=O)[nH]2)c1. The van der Waals surface area contributed by atoms with Gasteiger partial charge in [-0.2, -0.15) is 0 Å². The zero-order chi connectivity index (χ0) is 25.5. The maximum atomic E-state index is 12.8. The number of hydrogen-bond acceptors (Lipinski definition) is 7. The second-order valence-corrected chi connectivity index (χ2v) is 8.00. The van der Waals surface area contributed by atoms with Gasteiger partial charge >= 0.3 is 5.69 Å². The van der Waals surface area contributed by atoms with Gasteiger partial charge in [-0.15, -0.1) is 9.78 Å². The molecule has 0 radical (unpaired) electrons. The first kappa shape index (κ1) is 24.7. The van der Waals surface area contributed by atoms with Gasteiger partial charge in [-0.05, 0) is 41.3 Å². The number of hydrogen-bond donors (Lipinski definition) is 3. The van der Waals surface area contributed by atoms with Crippen LogP contribution >= 0.6 is 0 Å². The minimum Gasteiger partial charge on any atom is -0.497 e. The molecule has 0 aliphatic carbocycles. The molecule has 4 aromatic rings. The van der Waals surface area contributed by atoms with E-state index >= 15 is 0 Å². The van der Waals surface area contributed by atoms with Crippen molar-refractivity contribution >= 4 is 5.84 Å². The fourth-order valence-corrected chi connectivity index (χ4v) is 3.80. The molecule has 0 fully saturated rings. The number of benzene rings is 2. The molecule has 2 heterocycles. The zero-order valence-electron chi connectivity index (χ0n) is 19.6. The summed E-state index contributed by atoms with van der Waals surface area (Å²) in [6.07, 6.45) is 3.53. The number of nitrogens with zero attached hydrogens (tertiary/aromatic N) is 4. The van der Waals surface area contributed by atoms with Gasteiger partial charge in [-0.3, -0.25) is 10.4 Å². The number of rotatable bonds is 11. The van der Waals surface area contributed by atoms with Gasteiger partial charge in [0.2, 0.25) is 0 Å². The van der Waals surface area contributed by atoms with Gasteiger partial charge in [0.05, 0.1) is 20.3 Å². The van der Waals surface area contributed by atoms with Gasteiger partial charge in [0.25, 0.3) is 5.95 Å². The van der Waals surface area contributed by atoms with E-state index in [4.69, 9.17) is 20.6 Å². The largest absolute Gasteiger partial charge is 0.497 e. The van der Waals surface area contributed by atoms with Crippen LogP contribution in [0.15, 0.2) is 65.7 Å². The van der Waals surface area contributed by atoms with Crippen molar-refractivity contribution in [3.05, 3.63) is 99.5 Å². The van der Waals surface area contributed by atoms with Crippen LogP contribution in [0, 0.1) is 5.41 Å². The lowest BCUT2D eigenvalue weighted by molar-refractivity contribution is 0.106. The van der Waals surface area contributed by atoms with Crippen molar-refractivity contribution in [2.75, 3.05) is 20.4 Å². The van der Waals surface area contributed by atoms with Crippen molar-refractivity contribution in [1.82, 2.24) is 24.7 Å². The highest BCUT2D eigenvalue weighted by atomic mass is 19.1. The number of aromatic amines is 1. The third kappa shape index (κ3) is 5.81. The van der Waals surface area contributed by atoms with Gasteiger partial charge in [0, 0.05) is 23.9 Å². The number of alkyl halides is 1. The van der Waals surface area contributed by atoms with Crippen molar-refractivity contribution in [1.29, 1.82) is 5.41 Å². The quantitative estimate of drug-likeness (QED) is 0.166. The van der Waals surface area contributed by atoms with Gasteiger partial charge in [-0.1, -0.05) is 30.3 Å². The molecule has 0 amide bonds. The van der Waals surface area contributed by atoms with E-state index in [2.05, 4.69) is 20.1 Å². The van der Waals surface area contributed by atoms with Crippen molar-refractivity contribution in [2.45, 2.75) is 18.9 Å². The Morgan fingerprint density at radius 2 is 1.92 bits per heavy atom. The zero-order valence-corrected chi connectivity index (χ0v) is 19.6. The number of H-pyrrole nitrogens is 1. The van der Waals surface area contributed by atoms with Crippen molar-refractivity contribution in [2.24, 2.45) is 5.73 Å².